The van der Waals surface area contributed by atoms with Crippen molar-refractivity contribution in [3.05, 3.63) is 34.9 Å². The number of urea groups is 1. The quantitative estimate of drug-likeness (QED) is 0.541. The number of amides is 5. The molecular weight excluding hydrogens is 360 g/mol. The van der Waals surface area contributed by atoms with Crippen molar-refractivity contribution >= 4 is 23.8 Å². The lowest BCUT2D eigenvalue weighted by Crippen LogP contribution is -2.54. The first-order chi connectivity index (χ1) is 13.2. The maximum Gasteiger partial charge on any atom is 0.325 e. The molecule has 1 saturated carbocycles. The average Bonchev–Trinajstić information content (AvgIpc) is 2.87. The predicted octanol–water partition coefficient (Wildman–Crippen LogP) is 1.57. The lowest BCUT2D eigenvalue weighted by molar-refractivity contribution is -0.137. The van der Waals surface area contributed by atoms with Gasteiger partial charge in [-0.25, -0.2) is 4.79 Å². The zero-order valence-corrected chi connectivity index (χ0v) is 16.4. The third kappa shape index (κ3) is 3.58. The molecule has 8 heteroatoms. The largest absolute Gasteiger partial charge is 0.325 e. The zero-order chi connectivity index (χ0) is 20.5. The van der Waals surface area contributed by atoms with Crippen molar-refractivity contribution in [2.45, 2.75) is 52.0 Å². The van der Waals surface area contributed by atoms with Crippen LogP contribution in [0, 0.1) is 19.8 Å². The molecule has 1 aromatic rings. The van der Waals surface area contributed by atoms with E-state index in [0.29, 0.717) is 12.0 Å². The Morgan fingerprint density at radius 3 is 2.64 bits per heavy atom. The molecule has 3 N–H and O–H groups in total. The fraction of sp³-hybridized carbons (Fsp3) is 0.500. The topological polar surface area (TPSA) is 108 Å². The van der Waals surface area contributed by atoms with Crippen LogP contribution in [0.2, 0.25) is 0 Å². The first-order valence-electron chi connectivity index (χ1n) is 9.55. The molecule has 28 heavy (non-hydrogen) atoms. The Bertz CT molecular complexity index is 837. The Hall–Kier alpha value is -2.90. The molecular formula is C20H26N4O4. The van der Waals surface area contributed by atoms with Gasteiger partial charge < -0.3 is 5.32 Å². The molecule has 2 atom stereocenters. The van der Waals surface area contributed by atoms with Gasteiger partial charge in [0, 0.05) is 5.56 Å². The highest BCUT2D eigenvalue weighted by Gasteiger charge is 2.55. The van der Waals surface area contributed by atoms with Crippen molar-refractivity contribution < 1.29 is 19.2 Å². The van der Waals surface area contributed by atoms with Crippen LogP contribution < -0.4 is 16.2 Å². The maximum absolute atomic E-state index is 12.9. The van der Waals surface area contributed by atoms with Gasteiger partial charge in [0.05, 0.1) is 0 Å². The first kappa shape index (κ1) is 19.9. The number of carbonyl (C=O) groups excluding carboxylic acids is 4. The highest BCUT2D eigenvalue weighted by molar-refractivity contribution is 6.09. The van der Waals surface area contributed by atoms with Crippen LogP contribution in [0.4, 0.5) is 4.79 Å². The molecule has 1 spiro atoms. The molecule has 0 bridgehead atoms. The van der Waals surface area contributed by atoms with E-state index in [-0.39, 0.29) is 11.8 Å². The molecule has 0 unspecified atom stereocenters. The first-order valence-corrected chi connectivity index (χ1v) is 9.55. The van der Waals surface area contributed by atoms with Crippen molar-refractivity contribution in [1.29, 1.82) is 0 Å². The van der Waals surface area contributed by atoms with E-state index in [2.05, 4.69) is 16.2 Å². The number of imide groups is 1. The summed E-state index contributed by atoms with van der Waals surface area (Å²) in [6.07, 6.45) is 3.33. The molecule has 5 amide bonds. The zero-order valence-electron chi connectivity index (χ0n) is 16.4. The molecule has 1 aliphatic heterocycles. The van der Waals surface area contributed by atoms with Gasteiger partial charge in [-0.1, -0.05) is 37.5 Å². The molecule has 0 aromatic heterocycles. The van der Waals surface area contributed by atoms with Crippen molar-refractivity contribution in [2.75, 3.05) is 6.54 Å². The summed E-state index contributed by atoms with van der Waals surface area (Å²) >= 11 is 0. The van der Waals surface area contributed by atoms with E-state index < -0.39 is 29.9 Å². The second-order valence-corrected chi connectivity index (χ2v) is 7.76. The third-order valence-corrected chi connectivity index (χ3v) is 5.75. The number of hydrogen-bond donors (Lipinski definition) is 3. The molecule has 1 heterocycles. The molecule has 1 saturated heterocycles. The van der Waals surface area contributed by atoms with E-state index in [1.807, 2.05) is 32.9 Å². The van der Waals surface area contributed by atoms with Crippen LogP contribution in [0.15, 0.2) is 18.2 Å². The van der Waals surface area contributed by atoms with Crippen LogP contribution in [0.1, 0.15) is 54.1 Å². The second kappa shape index (κ2) is 7.61. The van der Waals surface area contributed by atoms with Gasteiger partial charge in [-0.05, 0) is 44.2 Å². The average molecular weight is 386 g/mol. The van der Waals surface area contributed by atoms with Crippen LogP contribution >= 0.6 is 0 Å². The lowest BCUT2D eigenvalue weighted by atomic mass is 9.73. The number of benzene rings is 1. The highest BCUT2D eigenvalue weighted by atomic mass is 16.2. The van der Waals surface area contributed by atoms with Crippen LogP contribution in [0.5, 0.6) is 0 Å². The predicted molar refractivity (Wildman–Crippen MR) is 102 cm³/mol. The summed E-state index contributed by atoms with van der Waals surface area (Å²) < 4.78 is 0. The third-order valence-electron chi connectivity index (χ3n) is 5.75. The molecule has 1 aliphatic carbocycles. The fourth-order valence-corrected chi connectivity index (χ4v) is 4.08. The number of nitrogens with zero attached hydrogens (tertiary/aromatic N) is 1. The molecule has 2 fully saturated rings. The van der Waals surface area contributed by atoms with Gasteiger partial charge in [0.1, 0.15) is 12.1 Å². The normalized spacial score (nSPS) is 24.2. The minimum absolute atomic E-state index is 0.0231. The second-order valence-electron chi connectivity index (χ2n) is 7.76. The number of hydrogen-bond acceptors (Lipinski definition) is 4. The van der Waals surface area contributed by atoms with E-state index in [9.17, 15) is 19.2 Å². The van der Waals surface area contributed by atoms with E-state index in [1.165, 1.54) is 0 Å². The fourth-order valence-electron chi connectivity index (χ4n) is 4.08. The number of rotatable bonds is 3. The van der Waals surface area contributed by atoms with E-state index >= 15 is 0 Å². The Morgan fingerprint density at radius 1 is 1.21 bits per heavy atom. The minimum atomic E-state index is -0.905. The molecule has 2 aliphatic rings. The minimum Gasteiger partial charge on any atom is -0.323 e. The summed E-state index contributed by atoms with van der Waals surface area (Å²) in [5.41, 5.74) is 5.97. The van der Waals surface area contributed by atoms with Gasteiger partial charge in [0.2, 0.25) is 0 Å². The van der Waals surface area contributed by atoms with Crippen molar-refractivity contribution in [3.8, 4) is 0 Å². The smallest absolute Gasteiger partial charge is 0.323 e. The molecule has 1 aromatic carbocycles. The molecule has 0 radical (unpaired) electrons. The standard InChI is InChI=1S/C20H26N4O4/c1-12-7-8-15(13(2)10-12)17(26)23-22-16(25)11-24-18(27)20(21-19(24)28)9-5-4-6-14(20)3/h7-8,10,14H,4-6,9,11H2,1-3H3,(H,21,28)(H,22,25)(H,23,26)/t14-,20-/m0/s1. The Labute approximate surface area is 164 Å². The summed E-state index contributed by atoms with van der Waals surface area (Å²) in [6.45, 7) is 5.24. The number of aryl methyl sites for hydroxylation is 2. The summed E-state index contributed by atoms with van der Waals surface area (Å²) in [5, 5.41) is 2.80. The molecule has 150 valence electrons. The monoisotopic (exact) mass is 386 g/mol. The van der Waals surface area contributed by atoms with Gasteiger partial charge in [-0.15, -0.1) is 0 Å². The van der Waals surface area contributed by atoms with Crippen LogP contribution in [0.3, 0.4) is 0 Å². The summed E-state index contributed by atoms with van der Waals surface area (Å²) in [6, 6.07) is 4.79. The Kier molecular flexibility index (Phi) is 5.40. The van der Waals surface area contributed by atoms with Crippen molar-refractivity contribution in [1.82, 2.24) is 21.1 Å². The van der Waals surface area contributed by atoms with Crippen LogP contribution in [0.25, 0.3) is 0 Å². The summed E-state index contributed by atoms with van der Waals surface area (Å²) in [7, 11) is 0. The highest BCUT2D eigenvalue weighted by Crippen LogP contribution is 2.38. The molecule has 8 nitrogen and oxygen atoms in total. The van der Waals surface area contributed by atoms with E-state index in [1.54, 1.807) is 6.07 Å². The maximum atomic E-state index is 12.9. The van der Waals surface area contributed by atoms with Gasteiger partial charge >= 0.3 is 6.03 Å². The van der Waals surface area contributed by atoms with Gasteiger partial charge in [0.25, 0.3) is 17.7 Å². The van der Waals surface area contributed by atoms with E-state index in [4.69, 9.17) is 0 Å². The Balaban J connectivity index is 1.59. The number of hydrazine groups is 1. The van der Waals surface area contributed by atoms with Crippen LogP contribution in [-0.4, -0.2) is 40.7 Å². The lowest BCUT2D eigenvalue weighted by Gasteiger charge is -2.36. The summed E-state index contributed by atoms with van der Waals surface area (Å²) in [4.78, 5) is 50.5. The number of carbonyl (C=O) groups is 4. The van der Waals surface area contributed by atoms with E-state index in [0.717, 1.165) is 35.3 Å². The van der Waals surface area contributed by atoms with Crippen molar-refractivity contribution in [2.24, 2.45) is 5.92 Å². The number of nitrogens with one attached hydrogen (secondary N) is 3. The van der Waals surface area contributed by atoms with Gasteiger partial charge in [-0.3, -0.25) is 30.1 Å². The Morgan fingerprint density at radius 2 is 1.96 bits per heavy atom. The van der Waals surface area contributed by atoms with Gasteiger partial charge in [-0.2, -0.15) is 0 Å². The van der Waals surface area contributed by atoms with Gasteiger partial charge in [0.15, 0.2) is 0 Å². The van der Waals surface area contributed by atoms with Crippen LogP contribution in [-0.2, 0) is 9.59 Å². The molecule has 3 rings (SSSR count). The summed E-state index contributed by atoms with van der Waals surface area (Å²) in [5.74, 6) is -1.43. The van der Waals surface area contributed by atoms with Crippen molar-refractivity contribution in [3.63, 3.8) is 0 Å². The SMILES string of the molecule is Cc1ccc(C(=O)NNC(=O)CN2C(=O)N[C@]3(CCCC[C@@H]3C)C2=O)c(C)c1.